The van der Waals surface area contributed by atoms with E-state index in [2.05, 4.69) is 15.7 Å². The fraction of sp³-hybridized carbons (Fsp3) is 0.353. The lowest BCUT2D eigenvalue weighted by Crippen LogP contribution is -2.36. The normalized spacial score (nSPS) is 10.7. The molecule has 2 amide bonds. The maximum Gasteiger partial charge on any atom is 0.254 e. The van der Waals surface area contributed by atoms with E-state index in [9.17, 15) is 9.59 Å². The Morgan fingerprint density at radius 2 is 1.96 bits per heavy atom. The zero-order valence-corrected chi connectivity index (χ0v) is 14.7. The average Bonchev–Trinajstić information content (AvgIpc) is 2.92. The van der Waals surface area contributed by atoms with Crippen molar-refractivity contribution >= 4 is 23.4 Å². The summed E-state index contributed by atoms with van der Waals surface area (Å²) >= 11 is 5.99. The van der Waals surface area contributed by atoms with E-state index < -0.39 is 0 Å². The molecule has 24 heavy (non-hydrogen) atoms. The first-order valence-electron chi connectivity index (χ1n) is 7.76. The average molecular weight is 349 g/mol. The Morgan fingerprint density at radius 1 is 1.25 bits per heavy atom. The smallest absolute Gasteiger partial charge is 0.254 e. The Labute approximate surface area is 146 Å². The number of carbonyl (C=O) groups excluding carboxylic acids is 2. The lowest BCUT2D eigenvalue weighted by molar-refractivity contribution is -0.123. The van der Waals surface area contributed by atoms with Crippen molar-refractivity contribution in [3.05, 3.63) is 46.7 Å². The summed E-state index contributed by atoms with van der Waals surface area (Å²) < 4.78 is 1.67. The summed E-state index contributed by atoms with van der Waals surface area (Å²) in [6.07, 6.45) is 1.53. The maximum absolute atomic E-state index is 12.3. The molecule has 2 aromatic rings. The molecular weight excluding hydrogens is 328 g/mol. The van der Waals surface area contributed by atoms with Crippen molar-refractivity contribution in [1.29, 1.82) is 0 Å². The summed E-state index contributed by atoms with van der Waals surface area (Å²) in [6.45, 7) is 6.22. The van der Waals surface area contributed by atoms with E-state index >= 15 is 0 Å². The van der Waals surface area contributed by atoms with Crippen molar-refractivity contribution in [3.8, 4) is 5.69 Å². The van der Waals surface area contributed by atoms with Crippen molar-refractivity contribution in [2.24, 2.45) is 5.92 Å². The number of hydrogen-bond acceptors (Lipinski definition) is 3. The van der Waals surface area contributed by atoms with Crippen molar-refractivity contribution in [2.75, 3.05) is 13.1 Å². The Balaban J connectivity index is 1.98. The van der Waals surface area contributed by atoms with Gasteiger partial charge >= 0.3 is 0 Å². The molecule has 0 spiro atoms. The standard InChI is InChI=1S/C17H21ClN4O2/c1-11(2)16(23)19-7-8-20-17(24)15-10-21-22(12(15)3)14-6-4-5-13(18)9-14/h4-6,9-11H,7-8H2,1-3H3,(H,19,23)(H,20,24). The molecule has 0 saturated heterocycles. The molecule has 2 N–H and O–H groups in total. The minimum atomic E-state index is -0.223. The molecule has 0 radical (unpaired) electrons. The zero-order valence-electron chi connectivity index (χ0n) is 14.0. The number of hydrogen-bond donors (Lipinski definition) is 2. The first kappa shape index (κ1) is 18.0. The highest BCUT2D eigenvalue weighted by Gasteiger charge is 2.15. The van der Waals surface area contributed by atoms with Crippen LogP contribution in [0.3, 0.4) is 0 Å². The molecule has 0 saturated carbocycles. The summed E-state index contributed by atoms with van der Waals surface area (Å²) in [5, 5.41) is 10.4. The van der Waals surface area contributed by atoms with E-state index in [0.29, 0.717) is 23.7 Å². The van der Waals surface area contributed by atoms with Crippen LogP contribution < -0.4 is 10.6 Å². The van der Waals surface area contributed by atoms with Crippen LogP contribution in [0, 0.1) is 12.8 Å². The topological polar surface area (TPSA) is 76.0 Å². The van der Waals surface area contributed by atoms with Crippen LogP contribution in [0.2, 0.25) is 5.02 Å². The molecule has 1 aromatic heterocycles. The van der Waals surface area contributed by atoms with Gasteiger partial charge in [0.15, 0.2) is 0 Å². The fourth-order valence-electron chi connectivity index (χ4n) is 2.16. The molecule has 1 aromatic carbocycles. The predicted octanol–water partition coefficient (Wildman–Crippen LogP) is 2.34. The number of nitrogens with zero attached hydrogens (tertiary/aromatic N) is 2. The third kappa shape index (κ3) is 4.35. The van der Waals surface area contributed by atoms with Gasteiger partial charge in [-0.05, 0) is 25.1 Å². The van der Waals surface area contributed by atoms with E-state index in [4.69, 9.17) is 11.6 Å². The van der Waals surface area contributed by atoms with Gasteiger partial charge in [0.2, 0.25) is 5.91 Å². The van der Waals surface area contributed by atoms with Crippen molar-refractivity contribution in [3.63, 3.8) is 0 Å². The largest absolute Gasteiger partial charge is 0.354 e. The maximum atomic E-state index is 12.3. The minimum absolute atomic E-state index is 0.0331. The highest BCUT2D eigenvalue weighted by Crippen LogP contribution is 2.17. The van der Waals surface area contributed by atoms with Crippen LogP contribution in [0.1, 0.15) is 29.9 Å². The lowest BCUT2D eigenvalue weighted by Gasteiger charge is -2.09. The monoisotopic (exact) mass is 348 g/mol. The molecule has 2 rings (SSSR count). The van der Waals surface area contributed by atoms with Gasteiger partial charge < -0.3 is 10.6 Å². The van der Waals surface area contributed by atoms with Crippen LogP contribution in [0.4, 0.5) is 0 Å². The lowest BCUT2D eigenvalue weighted by atomic mass is 10.2. The second kappa shape index (κ2) is 7.97. The molecule has 6 nitrogen and oxygen atoms in total. The Morgan fingerprint density at radius 3 is 2.62 bits per heavy atom. The molecular formula is C17H21ClN4O2. The quantitative estimate of drug-likeness (QED) is 0.787. The van der Waals surface area contributed by atoms with Crippen LogP contribution >= 0.6 is 11.6 Å². The van der Waals surface area contributed by atoms with Crippen molar-refractivity contribution in [1.82, 2.24) is 20.4 Å². The van der Waals surface area contributed by atoms with Gasteiger partial charge in [0.25, 0.3) is 5.91 Å². The van der Waals surface area contributed by atoms with Crippen LogP contribution in [0.5, 0.6) is 0 Å². The summed E-state index contributed by atoms with van der Waals surface area (Å²) in [5.41, 5.74) is 2.01. The molecule has 1 heterocycles. The van der Waals surface area contributed by atoms with E-state index in [-0.39, 0.29) is 17.7 Å². The van der Waals surface area contributed by atoms with Crippen LogP contribution in [0.15, 0.2) is 30.5 Å². The Bertz CT molecular complexity index is 740. The molecule has 0 aliphatic heterocycles. The molecule has 0 bridgehead atoms. The highest BCUT2D eigenvalue weighted by atomic mass is 35.5. The first-order valence-corrected chi connectivity index (χ1v) is 8.14. The number of aromatic nitrogens is 2. The van der Waals surface area contributed by atoms with Gasteiger partial charge in [-0.15, -0.1) is 0 Å². The first-order chi connectivity index (χ1) is 11.4. The Kier molecular flexibility index (Phi) is 5.98. The molecule has 0 atom stereocenters. The van der Waals surface area contributed by atoms with Gasteiger partial charge in [-0.3, -0.25) is 9.59 Å². The fourth-order valence-corrected chi connectivity index (χ4v) is 2.35. The van der Waals surface area contributed by atoms with Gasteiger partial charge in [0.1, 0.15) is 0 Å². The molecule has 0 aliphatic carbocycles. The van der Waals surface area contributed by atoms with E-state index in [1.807, 2.05) is 32.9 Å². The number of rotatable bonds is 6. The third-order valence-electron chi connectivity index (χ3n) is 3.54. The Hall–Kier alpha value is -2.34. The SMILES string of the molecule is Cc1c(C(=O)NCCNC(=O)C(C)C)cnn1-c1cccc(Cl)c1. The van der Waals surface area contributed by atoms with Gasteiger partial charge in [0, 0.05) is 24.0 Å². The summed E-state index contributed by atoms with van der Waals surface area (Å²) in [4.78, 5) is 23.7. The zero-order chi connectivity index (χ0) is 17.7. The second-order valence-electron chi connectivity index (χ2n) is 5.74. The number of benzene rings is 1. The summed E-state index contributed by atoms with van der Waals surface area (Å²) in [5.74, 6) is -0.326. The van der Waals surface area contributed by atoms with Gasteiger partial charge in [0.05, 0.1) is 23.1 Å². The predicted molar refractivity (Wildman–Crippen MR) is 93.5 cm³/mol. The minimum Gasteiger partial charge on any atom is -0.354 e. The summed E-state index contributed by atoms with van der Waals surface area (Å²) in [7, 11) is 0. The number of halogens is 1. The van der Waals surface area contributed by atoms with Crippen molar-refractivity contribution in [2.45, 2.75) is 20.8 Å². The highest BCUT2D eigenvalue weighted by molar-refractivity contribution is 6.30. The molecule has 0 unspecified atom stereocenters. The number of carbonyl (C=O) groups is 2. The van der Waals surface area contributed by atoms with Gasteiger partial charge in [-0.2, -0.15) is 5.10 Å². The van der Waals surface area contributed by atoms with Crippen LogP contribution in [-0.4, -0.2) is 34.7 Å². The summed E-state index contributed by atoms with van der Waals surface area (Å²) in [6, 6.07) is 7.26. The van der Waals surface area contributed by atoms with E-state index in [1.54, 1.807) is 16.8 Å². The second-order valence-corrected chi connectivity index (χ2v) is 6.17. The van der Waals surface area contributed by atoms with Crippen molar-refractivity contribution < 1.29 is 9.59 Å². The molecule has 0 aliphatic rings. The number of nitrogens with one attached hydrogen (secondary N) is 2. The third-order valence-corrected chi connectivity index (χ3v) is 3.78. The van der Waals surface area contributed by atoms with Crippen LogP contribution in [-0.2, 0) is 4.79 Å². The molecule has 0 fully saturated rings. The van der Waals surface area contributed by atoms with Gasteiger partial charge in [-0.25, -0.2) is 4.68 Å². The molecule has 128 valence electrons. The van der Waals surface area contributed by atoms with Crippen LogP contribution in [0.25, 0.3) is 5.69 Å². The van der Waals surface area contributed by atoms with Gasteiger partial charge in [-0.1, -0.05) is 31.5 Å². The number of amides is 2. The van der Waals surface area contributed by atoms with E-state index in [0.717, 1.165) is 11.4 Å². The van der Waals surface area contributed by atoms with E-state index in [1.165, 1.54) is 6.20 Å². The molecule has 7 heteroatoms.